The fourth-order valence-corrected chi connectivity index (χ4v) is 2.92. The first-order chi connectivity index (χ1) is 9.25. The molecule has 0 bridgehead atoms. The summed E-state index contributed by atoms with van der Waals surface area (Å²) in [6.45, 7) is 8.16. The molecule has 19 heavy (non-hydrogen) atoms. The SMILES string of the molecule is CC(C)NCC1CCCN1CCCc1ccccc1. The maximum Gasteiger partial charge on any atom is 0.0221 e. The van der Waals surface area contributed by atoms with Gasteiger partial charge in [-0.1, -0.05) is 44.2 Å². The summed E-state index contributed by atoms with van der Waals surface area (Å²) in [6.07, 6.45) is 5.23. The zero-order chi connectivity index (χ0) is 13.5. The number of hydrogen-bond acceptors (Lipinski definition) is 2. The van der Waals surface area contributed by atoms with Crippen molar-refractivity contribution in [3.8, 4) is 0 Å². The van der Waals surface area contributed by atoms with Gasteiger partial charge in [0.05, 0.1) is 0 Å². The highest BCUT2D eigenvalue weighted by atomic mass is 15.2. The monoisotopic (exact) mass is 260 g/mol. The van der Waals surface area contributed by atoms with Crippen LogP contribution >= 0.6 is 0 Å². The summed E-state index contributed by atoms with van der Waals surface area (Å²) >= 11 is 0. The van der Waals surface area contributed by atoms with E-state index in [0.717, 1.165) is 12.6 Å². The third-order valence-corrected chi connectivity index (χ3v) is 4.01. The Labute approximate surface area is 118 Å². The smallest absolute Gasteiger partial charge is 0.0221 e. The molecule has 0 spiro atoms. The van der Waals surface area contributed by atoms with Crippen molar-refractivity contribution in [3.63, 3.8) is 0 Å². The molecule has 1 unspecified atom stereocenters. The van der Waals surface area contributed by atoms with E-state index in [-0.39, 0.29) is 0 Å². The van der Waals surface area contributed by atoms with E-state index in [9.17, 15) is 0 Å². The molecule has 0 amide bonds. The van der Waals surface area contributed by atoms with Crippen LogP contribution in [0, 0.1) is 0 Å². The molecule has 1 N–H and O–H groups in total. The molecule has 2 heteroatoms. The van der Waals surface area contributed by atoms with Gasteiger partial charge in [-0.05, 0) is 44.3 Å². The zero-order valence-electron chi connectivity index (χ0n) is 12.4. The first-order valence-corrected chi connectivity index (χ1v) is 7.77. The van der Waals surface area contributed by atoms with Gasteiger partial charge in [-0.25, -0.2) is 0 Å². The Morgan fingerprint density at radius 3 is 2.79 bits per heavy atom. The van der Waals surface area contributed by atoms with Crippen molar-refractivity contribution < 1.29 is 0 Å². The van der Waals surface area contributed by atoms with Crippen molar-refractivity contribution in [2.75, 3.05) is 19.6 Å². The topological polar surface area (TPSA) is 15.3 Å². The second-order valence-electron chi connectivity index (χ2n) is 5.98. The van der Waals surface area contributed by atoms with Crippen LogP contribution in [0.15, 0.2) is 30.3 Å². The second-order valence-corrected chi connectivity index (χ2v) is 5.98. The number of hydrogen-bond donors (Lipinski definition) is 1. The molecule has 1 aliphatic heterocycles. The van der Waals surface area contributed by atoms with Gasteiger partial charge in [-0.15, -0.1) is 0 Å². The number of benzene rings is 1. The van der Waals surface area contributed by atoms with Crippen LogP contribution in [0.1, 0.15) is 38.7 Å². The molecule has 1 fully saturated rings. The van der Waals surface area contributed by atoms with Crippen molar-refractivity contribution in [2.45, 2.75) is 51.6 Å². The molecule has 2 rings (SSSR count). The maximum atomic E-state index is 3.58. The third-order valence-electron chi connectivity index (χ3n) is 4.01. The summed E-state index contributed by atoms with van der Waals surface area (Å²) in [5.74, 6) is 0. The predicted molar refractivity (Wildman–Crippen MR) is 82.5 cm³/mol. The lowest BCUT2D eigenvalue weighted by Gasteiger charge is -2.25. The molecular weight excluding hydrogens is 232 g/mol. The van der Waals surface area contributed by atoms with Crippen molar-refractivity contribution in [1.82, 2.24) is 10.2 Å². The second kappa shape index (κ2) is 7.66. The molecule has 1 aromatic rings. The van der Waals surface area contributed by atoms with Gasteiger partial charge >= 0.3 is 0 Å². The average molecular weight is 260 g/mol. The van der Waals surface area contributed by atoms with Gasteiger partial charge in [0.1, 0.15) is 0 Å². The lowest BCUT2D eigenvalue weighted by Crippen LogP contribution is -2.40. The van der Waals surface area contributed by atoms with Crippen LogP contribution in [-0.2, 0) is 6.42 Å². The van der Waals surface area contributed by atoms with Crippen LogP contribution in [0.3, 0.4) is 0 Å². The zero-order valence-corrected chi connectivity index (χ0v) is 12.4. The van der Waals surface area contributed by atoms with Crippen LogP contribution in [0.4, 0.5) is 0 Å². The van der Waals surface area contributed by atoms with Crippen LogP contribution in [0.5, 0.6) is 0 Å². The van der Waals surface area contributed by atoms with Crippen molar-refractivity contribution in [3.05, 3.63) is 35.9 Å². The molecule has 1 aliphatic rings. The Morgan fingerprint density at radius 1 is 1.26 bits per heavy atom. The van der Waals surface area contributed by atoms with Gasteiger partial charge in [0, 0.05) is 18.6 Å². The van der Waals surface area contributed by atoms with Gasteiger partial charge in [0.25, 0.3) is 0 Å². The van der Waals surface area contributed by atoms with Crippen molar-refractivity contribution in [1.29, 1.82) is 0 Å². The molecule has 0 aliphatic carbocycles. The van der Waals surface area contributed by atoms with E-state index >= 15 is 0 Å². The maximum absolute atomic E-state index is 3.58. The van der Waals surface area contributed by atoms with E-state index in [0.29, 0.717) is 6.04 Å². The highest BCUT2D eigenvalue weighted by molar-refractivity contribution is 5.14. The molecule has 0 aromatic heterocycles. The minimum absolute atomic E-state index is 0.603. The van der Waals surface area contributed by atoms with E-state index in [2.05, 4.69) is 54.4 Å². The Kier molecular flexibility index (Phi) is 5.87. The van der Waals surface area contributed by atoms with Crippen molar-refractivity contribution in [2.24, 2.45) is 0 Å². The van der Waals surface area contributed by atoms with E-state index in [1.54, 1.807) is 0 Å². The van der Waals surface area contributed by atoms with Gasteiger partial charge in [0.15, 0.2) is 0 Å². The highest BCUT2D eigenvalue weighted by Gasteiger charge is 2.23. The molecule has 106 valence electrons. The van der Waals surface area contributed by atoms with E-state index < -0.39 is 0 Å². The Bertz CT molecular complexity index is 348. The van der Waals surface area contributed by atoms with Gasteiger partial charge in [-0.3, -0.25) is 4.90 Å². The quantitative estimate of drug-likeness (QED) is 0.810. The lowest BCUT2D eigenvalue weighted by molar-refractivity contribution is 0.241. The first kappa shape index (κ1) is 14.5. The minimum atomic E-state index is 0.603. The van der Waals surface area contributed by atoms with Crippen LogP contribution < -0.4 is 5.32 Å². The molecular formula is C17H28N2. The molecule has 2 nitrogen and oxygen atoms in total. The normalized spacial score (nSPS) is 20.3. The average Bonchev–Trinajstić information content (AvgIpc) is 2.85. The van der Waals surface area contributed by atoms with Crippen molar-refractivity contribution >= 4 is 0 Å². The number of nitrogens with zero attached hydrogens (tertiary/aromatic N) is 1. The van der Waals surface area contributed by atoms with Gasteiger partial charge < -0.3 is 5.32 Å². The summed E-state index contributed by atoms with van der Waals surface area (Å²) in [5.41, 5.74) is 1.47. The lowest BCUT2D eigenvalue weighted by atomic mass is 10.1. The number of aryl methyl sites for hydroxylation is 1. The largest absolute Gasteiger partial charge is 0.313 e. The molecule has 1 saturated heterocycles. The summed E-state index contributed by atoms with van der Waals surface area (Å²) in [6, 6.07) is 12.2. The van der Waals surface area contributed by atoms with E-state index in [4.69, 9.17) is 0 Å². The third kappa shape index (κ3) is 4.96. The van der Waals surface area contributed by atoms with Crippen LogP contribution in [-0.4, -0.2) is 36.6 Å². The Morgan fingerprint density at radius 2 is 2.05 bits per heavy atom. The summed E-state index contributed by atoms with van der Waals surface area (Å²) in [7, 11) is 0. The fourth-order valence-electron chi connectivity index (χ4n) is 2.92. The first-order valence-electron chi connectivity index (χ1n) is 7.77. The number of rotatable bonds is 7. The molecule has 1 atom stereocenters. The Balaban J connectivity index is 1.69. The predicted octanol–water partition coefficient (Wildman–Crippen LogP) is 3.08. The number of nitrogens with one attached hydrogen (secondary N) is 1. The van der Waals surface area contributed by atoms with E-state index in [1.807, 2.05) is 0 Å². The Hall–Kier alpha value is -0.860. The molecule has 0 saturated carbocycles. The molecule has 0 radical (unpaired) electrons. The molecule has 1 heterocycles. The summed E-state index contributed by atoms with van der Waals surface area (Å²) in [5, 5.41) is 3.58. The van der Waals surface area contributed by atoms with Gasteiger partial charge in [-0.2, -0.15) is 0 Å². The van der Waals surface area contributed by atoms with Gasteiger partial charge in [0.2, 0.25) is 0 Å². The number of likely N-dealkylation sites (tertiary alicyclic amines) is 1. The summed E-state index contributed by atoms with van der Waals surface area (Å²) in [4.78, 5) is 2.68. The van der Waals surface area contributed by atoms with E-state index in [1.165, 1.54) is 44.3 Å². The van der Waals surface area contributed by atoms with Crippen LogP contribution in [0.25, 0.3) is 0 Å². The summed E-state index contributed by atoms with van der Waals surface area (Å²) < 4.78 is 0. The minimum Gasteiger partial charge on any atom is -0.313 e. The fraction of sp³-hybridized carbons (Fsp3) is 0.647. The highest BCUT2D eigenvalue weighted by Crippen LogP contribution is 2.17. The molecule has 1 aromatic carbocycles. The van der Waals surface area contributed by atoms with Crippen LogP contribution in [0.2, 0.25) is 0 Å². The standard InChI is InChI=1S/C17H28N2/c1-15(2)18-14-17-11-7-13-19(17)12-6-10-16-8-4-3-5-9-16/h3-5,8-9,15,17-18H,6-7,10-14H2,1-2H3.